The van der Waals surface area contributed by atoms with Crippen LogP contribution in [-0.4, -0.2) is 25.0 Å². The van der Waals surface area contributed by atoms with Gasteiger partial charge in [-0.05, 0) is 62.5 Å². The van der Waals surface area contributed by atoms with Gasteiger partial charge in [-0.2, -0.15) is 0 Å². The maximum atomic E-state index is 12.0. The Morgan fingerprint density at radius 2 is 1.86 bits per heavy atom. The highest BCUT2D eigenvalue weighted by Gasteiger charge is 2.25. The predicted molar refractivity (Wildman–Crippen MR) is 85.2 cm³/mol. The van der Waals surface area contributed by atoms with E-state index in [1.165, 1.54) is 31.2 Å². The Balaban J connectivity index is 1.40. The van der Waals surface area contributed by atoms with E-state index in [0.717, 1.165) is 31.8 Å². The lowest BCUT2D eigenvalue weighted by Gasteiger charge is -2.29. The molecule has 0 spiro atoms. The molecule has 2 N–H and O–H groups in total. The summed E-state index contributed by atoms with van der Waals surface area (Å²) in [5, 5.41) is 6.41. The van der Waals surface area contributed by atoms with Gasteiger partial charge in [0.1, 0.15) is 0 Å². The average Bonchev–Trinajstić information content (AvgIpc) is 3.08. The van der Waals surface area contributed by atoms with E-state index in [4.69, 9.17) is 0 Å². The highest BCUT2D eigenvalue weighted by molar-refractivity contribution is 5.81. The van der Waals surface area contributed by atoms with Crippen LogP contribution in [0.4, 0.5) is 0 Å². The van der Waals surface area contributed by atoms with Crippen molar-refractivity contribution in [2.24, 2.45) is 5.92 Å². The van der Waals surface area contributed by atoms with Gasteiger partial charge in [0.25, 0.3) is 0 Å². The van der Waals surface area contributed by atoms with Crippen LogP contribution >= 0.6 is 0 Å². The zero-order valence-electron chi connectivity index (χ0n) is 12.7. The maximum absolute atomic E-state index is 12.0. The number of benzene rings is 1. The molecule has 1 saturated heterocycles. The van der Waals surface area contributed by atoms with Crippen molar-refractivity contribution < 1.29 is 4.79 Å². The first-order valence-corrected chi connectivity index (χ1v) is 8.39. The Hall–Kier alpha value is -1.35. The number of hydrogen-bond acceptors (Lipinski definition) is 2. The second-order valence-corrected chi connectivity index (χ2v) is 6.52. The molecule has 3 nitrogen and oxygen atoms in total. The molecule has 2 aliphatic rings. The second-order valence-electron chi connectivity index (χ2n) is 6.52. The minimum absolute atomic E-state index is 0.0608. The number of carbonyl (C=O) groups is 1. The van der Waals surface area contributed by atoms with Gasteiger partial charge in [-0.1, -0.05) is 30.3 Å². The van der Waals surface area contributed by atoms with Crippen LogP contribution < -0.4 is 10.6 Å². The molecule has 3 heteroatoms. The van der Waals surface area contributed by atoms with E-state index in [-0.39, 0.29) is 11.9 Å². The van der Waals surface area contributed by atoms with Crippen LogP contribution in [-0.2, 0) is 4.79 Å². The molecule has 0 aromatic heterocycles. The molecule has 0 radical (unpaired) electrons. The van der Waals surface area contributed by atoms with Gasteiger partial charge in [0.05, 0.1) is 6.04 Å². The van der Waals surface area contributed by atoms with Crippen LogP contribution in [0, 0.1) is 5.92 Å². The summed E-state index contributed by atoms with van der Waals surface area (Å²) in [6, 6.07) is 10.9. The van der Waals surface area contributed by atoms with Crippen LogP contribution in [0.5, 0.6) is 0 Å². The third-order valence-corrected chi connectivity index (χ3v) is 5.06. The third kappa shape index (κ3) is 3.85. The highest BCUT2D eigenvalue weighted by atomic mass is 16.2. The minimum Gasteiger partial charge on any atom is -0.354 e. The molecule has 1 unspecified atom stereocenters. The predicted octanol–water partition coefficient (Wildman–Crippen LogP) is 2.83. The average molecular weight is 286 g/mol. The van der Waals surface area contributed by atoms with E-state index in [9.17, 15) is 4.79 Å². The molecular weight excluding hydrogens is 260 g/mol. The molecular formula is C18H26N2O. The fourth-order valence-electron chi connectivity index (χ4n) is 3.70. The van der Waals surface area contributed by atoms with Crippen molar-refractivity contribution in [2.45, 2.75) is 50.5 Å². The van der Waals surface area contributed by atoms with Gasteiger partial charge in [-0.25, -0.2) is 0 Å². The van der Waals surface area contributed by atoms with Crippen molar-refractivity contribution in [3.63, 3.8) is 0 Å². The van der Waals surface area contributed by atoms with Gasteiger partial charge in [-0.15, -0.1) is 0 Å². The Morgan fingerprint density at radius 1 is 1.10 bits per heavy atom. The zero-order chi connectivity index (χ0) is 14.5. The quantitative estimate of drug-likeness (QED) is 0.893. The summed E-state index contributed by atoms with van der Waals surface area (Å²) in [7, 11) is 0. The van der Waals surface area contributed by atoms with Crippen molar-refractivity contribution in [2.75, 3.05) is 13.1 Å². The normalized spacial score (nSPS) is 29.2. The summed E-state index contributed by atoms with van der Waals surface area (Å²) >= 11 is 0. The number of hydrogen-bond donors (Lipinski definition) is 2. The Morgan fingerprint density at radius 3 is 2.52 bits per heavy atom. The van der Waals surface area contributed by atoms with E-state index in [2.05, 4.69) is 41.0 Å². The zero-order valence-corrected chi connectivity index (χ0v) is 12.7. The topological polar surface area (TPSA) is 41.1 Å². The van der Waals surface area contributed by atoms with E-state index in [0.29, 0.717) is 5.92 Å². The Bertz CT molecular complexity index is 446. The monoisotopic (exact) mass is 286 g/mol. The largest absolute Gasteiger partial charge is 0.354 e. The van der Waals surface area contributed by atoms with Crippen molar-refractivity contribution in [1.29, 1.82) is 0 Å². The fraction of sp³-hybridized carbons (Fsp3) is 0.611. The van der Waals surface area contributed by atoms with Crippen molar-refractivity contribution in [3.8, 4) is 0 Å². The summed E-state index contributed by atoms with van der Waals surface area (Å²) in [5.41, 5.74) is 1.48. The first kappa shape index (κ1) is 14.6. The van der Waals surface area contributed by atoms with E-state index < -0.39 is 0 Å². The molecule has 1 aromatic rings. The highest BCUT2D eigenvalue weighted by Crippen LogP contribution is 2.35. The molecule has 1 atom stereocenters. The molecule has 1 aliphatic carbocycles. The molecule has 1 heterocycles. The SMILES string of the molecule is O=C(NCC1CCC(c2ccccc2)CC1)C1CCCN1. The summed E-state index contributed by atoms with van der Waals surface area (Å²) in [6.45, 7) is 1.85. The van der Waals surface area contributed by atoms with Crippen molar-refractivity contribution in [1.82, 2.24) is 10.6 Å². The van der Waals surface area contributed by atoms with Crippen molar-refractivity contribution in [3.05, 3.63) is 35.9 Å². The van der Waals surface area contributed by atoms with Gasteiger partial charge in [0.2, 0.25) is 5.91 Å². The summed E-state index contributed by atoms with van der Waals surface area (Å²) < 4.78 is 0. The Labute approximate surface area is 127 Å². The lowest BCUT2D eigenvalue weighted by molar-refractivity contribution is -0.123. The van der Waals surface area contributed by atoms with Gasteiger partial charge in [0, 0.05) is 6.54 Å². The summed E-state index contributed by atoms with van der Waals surface area (Å²) in [6.07, 6.45) is 7.10. The number of carbonyl (C=O) groups excluding carboxylic acids is 1. The minimum atomic E-state index is 0.0608. The first-order valence-electron chi connectivity index (χ1n) is 8.39. The van der Waals surface area contributed by atoms with Crippen LogP contribution in [0.25, 0.3) is 0 Å². The van der Waals surface area contributed by atoms with Crippen LogP contribution in [0.2, 0.25) is 0 Å². The fourth-order valence-corrected chi connectivity index (χ4v) is 3.70. The first-order chi connectivity index (χ1) is 10.3. The van der Waals surface area contributed by atoms with Gasteiger partial charge >= 0.3 is 0 Å². The molecule has 2 fully saturated rings. The standard InChI is InChI=1S/C18H26N2O/c21-18(17-7-4-12-19-17)20-13-14-8-10-16(11-9-14)15-5-2-1-3-6-15/h1-3,5-6,14,16-17,19H,4,7-13H2,(H,20,21). The van der Waals surface area contributed by atoms with E-state index >= 15 is 0 Å². The smallest absolute Gasteiger partial charge is 0.237 e. The Kier molecular flexibility index (Phi) is 4.91. The second kappa shape index (κ2) is 7.08. The number of nitrogens with one attached hydrogen (secondary N) is 2. The number of amides is 1. The molecule has 1 amide bonds. The molecule has 1 aliphatic heterocycles. The van der Waals surface area contributed by atoms with Crippen LogP contribution in [0.3, 0.4) is 0 Å². The molecule has 114 valence electrons. The lowest BCUT2D eigenvalue weighted by atomic mass is 9.78. The number of rotatable bonds is 4. The van der Waals surface area contributed by atoms with Crippen molar-refractivity contribution >= 4 is 5.91 Å². The van der Waals surface area contributed by atoms with Gasteiger partial charge in [0.15, 0.2) is 0 Å². The van der Waals surface area contributed by atoms with Gasteiger partial charge < -0.3 is 10.6 Å². The summed E-state index contributed by atoms with van der Waals surface area (Å²) in [5.74, 6) is 1.59. The van der Waals surface area contributed by atoms with Gasteiger partial charge in [-0.3, -0.25) is 4.79 Å². The van der Waals surface area contributed by atoms with Crippen LogP contribution in [0.1, 0.15) is 50.0 Å². The third-order valence-electron chi connectivity index (χ3n) is 5.06. The molecule has 0 bridgehead atoms. The molecule has 1 saturated carbocycles. The lowest BCUT2D eigenvalue weighted by Crippen LogP contribution is -2.42. The van der Waals surface area contributed by atoms with E-state index in [1.807, 2.05) is 0 Å². The molecule has 21 heavy (non-hydrogen) atoms. The maximum Gasteiger partial charge on any atom is 0.237 e. The molecule has 1 aromatic carbocycles. The van der Waals surface area contributed by atoms with Crippen LogP contribution in [0.15, 0.2) is 30.3 Å². The van der Waals surface area contributed by atoms with E-state index in [1.54, 1.807) is 0 Å². The summed E-state index contributed by atoms with van der Waals surface area (Å²) in [4.78, 5) is 12.0. The molecule has 3 rings (SSSR count).